The van der Waals surface area contributed by atoms with Crippen LogP contribution in [-0.4, -0.2) is 12.6 Å². The van der Waals surface area contributed by atoms with Crippen molar-refractivity contribution in [3.05, 3.63) is 0 Å². The number of hydrogen-bond acceptors (Lipinski definition) is 1. The van der Waals surface area contributed by atoms with E-state index >= 15 is 0 Å². The predicted octanol–water partition coefficient (Wildman–Crippen LogP) is 3.20. The SMILES string of the molecule is CCNC(C1CCCC1)C1CC2CC2C1. The Bertz CT molecular complexity index is 209. The van der Waals surface area contributed by atoms with Gasteiger partial charge in [0.1, 0.15) is 0 Å². The van der Waals surface area contributed by atoms with Crippen LogP contribution in [0.25, 0.3) is 0 Å². The Morgan fingerprint density at radius 1 is 1.00 bits per heavy atom. The molecule has 3 saturated carbocycles. The molecule has 3 atom stereocenters. The van der Waals surface area contributed by atoms with Crippen LogP contribution in [0.3, 0.4) is 0 Å². The fourth-order valence-corrected chi connectivity index (χ4v) is 4.33. The summed E-state index contributed by atoms with van der Waals surface area (Å²) in [5, 5.41) is 3.81. The summed E-state index contributed by atoms with van der Waals surface area (Å²) in [5.41, 5.74) is 0. The first-order chi connectivity index (χ1) is 7.38. The minimum Gasteiger partial charge on any atom is -0.314 e. The molecular weight excluding hydrogens is 182 g/mol. The maximum absolute atomic E-state index is 3.81. The van der Waals surface area contributed by atoms with Gasteiger partial charge in [0.05, 0.1) is 0 Å². The molecule has 0 aromatic heterocycles. The summed E-state index contributed by atoms with van der Waals surface area (Å²) in [7, 11) is 0. The zero-order valence-electron chi connectivity index (χ0n) is 10.0. The molecule has 0 amide bonds. The first-order valence-electron chi connectivity index (χ1n) is 7.12. The molecule has 0 aliphatic heterocycles. The summed E-state index contributed by atoms with van der Waals surface area (Å²) < 4.78 is 0. The quantitative estimate of drug-likeness (QED) is 0.746. The summed E-state index contributed by atoms with van der Waals surface area (Å²) in [4.78, 5) is 0. The topological polar surface area (TPSA) is 12.0 Å². The van der Waals surface area contributed by atoms with Gasteiger partial charge in [0, 0.05) is 6.04 Å². The molecular formula is C14H25N. The predicted molar refractivity (Wildman–Crippen MR) is 63.7 cm³/mol. The lowest BCUT2D eigenvalue weighted by molar-refractivity contribution is 0.250. The van der Waals surface area contributed by atoms with Crippen molar-refractivity contribution >= 4 is 0 Å². The van der Waals surface area contributed by atoms with E-state index < -0.39 is 0 Å². The fraction of sp³-hybridized carbons (Fsp3) is 1.00. The summed E-state index contributed by atoms with van der Waals surface area (Å²) in [6.07, 6.45) is 10.7. The summed E-state index contributed by atoms with van der Waals surface area (Å²) >= 11 is 0. The standard InChI is InChI=1S/C14H25N/c1-2-15-14(10-5-3-4-6-10)13-8-11-7-12(11)9-13/h10-15H,2-9H2,1H3. The highest BCUT2D eigenvalue weighted by Crippen LogP contribution is 2.56. The highest BCUT2D eigenvalue weighted by Gasteiger charge is 2.48. The van der Waals surface area contributed by atoms with E-state index in [1.807, 2.05) is 0 Å². The molecule has 86 valence electrons. The van der Waals surface area contributed by atoms with Gasteiger partial charge in [0.25, 0.3) is 0 Å². The molecule has 3 rings (SSSR count). The molecule has 1 N–H and O–H groups in total. The molecule has 0 spiro atoms. The molecule has 0 saturated heterocycles. The van der Waals surface area contributed by atoms with Crippen LogP contribution in [0.5, 0.6) is 0 Å². The van der Waals surface area contributed by atoms with Gasteiger partial charge in [0.2, 0.25) is 0 Å². The molecule has 15 heavy (non-hydrogen) atoms. The van der Waals surface area contributed by atoms with E-state index in [2.05, 4.69) is 12.2 Å². The van der Waals surface area contributed by atoms with Crippen LogP contribution < -0.4 is 5.32 Å². The Kier molecular flexibility index (Phi) is 2.76. The van der Waals surface area contributed by atoms with Gasteiger partial charge in [-0.3, -0.25) is 0 Å². The Morgan fingerprint density at radius 3 is 2.27 bits per heavy atom. The molecule has 0 aromatic carbocycles. The second-order valence-electron chi connectivity index (χ2n) is 6.12. The maximum atomic E-state index is 3.81. The van der Waals surface area contributed by atoms with Crippen molar-refractivity contribution in [2.45, 2.75) is 57.9 Å². The molecule has 3 aliphatic rings. The van der Waals surface area contributed by atoms with Crippen LogP contribution in [0.1, 0.15) is 51.9 Å². The Labute approximate surface area is 94.0 Å². The highest BCUT2D eigenvalue weighted by atomic mass is 14.9. The number of hydrogen-bond donors (Lipinski definition) is 1. The molecule has 1 heteroatoms. The third-order valence-corrected chi connectivity index (χ3v) is 5.14. The third-order valence-electron chi connectivity index (χ3n) is 5.14. The molecule has 3 aliphatic carbocycles. The average molecular weight is 207 g/mol. The summed E-state index contributed by atoms with van der Waals surface area (Å²) in [6, 6.07) is 0.880. The van der Waals surface area contributed by atoms with E-state index in [0.29, 0.717) is 0 Å². The van der Waals surface area contributed by atoms with Crippen molar-refractivity contribution in [2.75, 3.05) is 6.54 Å². The summed E-state index contributed by atoms with van der Waals surface area (Å²) in [6.45, 7) is 3.45. The van der Waals surface area contributed by atoms with Crippen LogP contribution in [0, 0.1) is 23.7 Å². The second kappa shape index (κ2) is 4.08. The van der Waals surface area contributed by atoms with Crippen LogP contribution >= 0.6 is 0 Å². The zero-order chi connectivity index (χ0) is 10.3. The highest BCUT2D eigenvalue weighted by molar-refractivity contribution is 5.00. The van der Waals surface area contributed by atoms with Crippen molar-refractivity contribution in [3.63, 3.8) is 0 Å². The van der Waals surface area contributed by atoms with Gasteiger partial charge in [0.15, 0.2) is 0 Å². The van der Waals surface area contributed by atoms with Crippen LogP contribution in [0.15, 0.2) is 0 Å². The van der Waals surface area contributed by atoms with Crippen molar-refractivity contribution in [3.8, 4) is 0 Å². The van der Waals surface area contributed by atoms with E-state index in [-0.39, 0.29) is 0 Å². The van der Waals surface area contributed by atoms with Crippen LogP contribution in [-0.2, 0) is 0 Å². The lowest BCUT2D eigenvalue weighted by Crippen LogP contribution is -2.41. The first kappa shape index (κ1) is 10.1. The maximum Gasteiger partial charge on any atom is 0.0124 e. The van der Waals surface area contributed by atoms with Gasteiger partial charge < -0.3 is 5.32 Å². The van der Waals surface area contributed by atoms with Gasteiger partial charge in [-0.05, 0) is 62.3 Å². The third kappa shape index (κ3) is 1.95. The molecule has 3 fully saturated rings. The molecule has 1 nitrogen and oxygen atoms in total. The lowest BCUT2D eigenvalue weighted by Gasteiger charge is -2.31. The van der Waals surface area contributed by atoms with Gasteiger partial charge in [-0.1, -0.05) is 19.8 Å². The van der Waals surface area contributed by atoms with E-state index in [0.717, 1.165) is 29.7 Å². The van der Waals surface area contributed by atoms with E-state index in [4.69, 9.17) is 0 Å². The summed E-state index contributed by atoms with van der Waals surface area (Å²) in [5.74, 6) is 4.36. The molecule has 0 bridgehead atoms. The smallest absolute Gasteiger partial charge is 0.0124 e. The molecule has 0 aromatic rings. The number of nitrogens with one attached hydrogen (secondary N) is 1. The van der Waals surface area contributed by atoms with E-state index in [1.165, 1.54) is 32.2 Å². The van der Waals surface area contributed by atoms with Gasteiger partial charge in [-0.2, -0.15) is 0 Å². The minimum atomic E-state index is 0.880. The Balaban J connectivity index is 1.61. The molecule has 0 radical (unpaired) electrons. The Hall–Kier alpha value is -0.0400. The zero-order valence-corrected chi connectivity index (χ0v) is 10.0. The molecule has 0 heterocycles. The fourth-order valence-electron chi connectivity index (χ4n) is 4.33. The Morgan fingerprint density at radius 2 is 1.67 bits per heavy atom. The minimum absolute atomic E-state index is 0.880. The average Bonchev–Trinajstić information content (AvgIpc) is 2.75. The van der Waals surface area contributed by atoms with E-state index in [1.54, 1.807) is 19.3 Å². The monoisotopic (exact) mass is 207 g/mol. The van der Waals surface area contributed by atoms with E-state index in [9.17, 15) is 0 Å². The van der Waals surface area contributed by atoms with Gasteiger partial charge >= 0.3 is 0 Å². The van der Waals surface area contributed by atoms with Gasteiger partial charge in [-0.15, -0.1) is 0 Å². The van der Waals surface area contributed by atoms with Crippen molar-refractivity contribution in [1.29, 1.82) is 0 Å². The van der Waals surface area contributed by atoms with Crippen LogP contribution in [0.2, 0.25) is 0 Å². The van der Waals surface area contributed by atoms with Gasteiger partial charge in [-0.25, -0.2) is 0 Å². The van der Waals surface area contributed by atoms with Crippen LogP contribution in [0.4, 0.5) is 0 Å². The number of fused-ring (bicyclic) bond motifs is 1. The van der Waals surface area contributed by atoms with Crippen molar-refractivity contribution in [2.24, 2.45) is 23.7 Å². The largest absolute Gasteiger partial charge is 0.314 e. The van der Waals surface area contributed by atoms with Crippen molar-refractivity contribution in [1.82, 2.24) is 5.32 Å². The normalized spacial score (nSPS) is 41.8. The molecule has 3 unspecified atom stereocenters. The number of rotatable bonds is 4. The van der Waals surface area contributed by atoms with Crippen molar-refractivity contribution < 1.29 is 0 Å². The first-order valence-corrected chi connectivity index (χ1v) is 7.12. The second-order valence-corrected chi connectivity index (χ2v) is 6.12. The lowest BCUT2D eigenvalue weighted by atomic mass is 9.84.